The fraction of sp³-hybridized carbons (Fsp3) is 0.429. The molecule has 0 atom stereocenters. The fourth-order valence-corrected chi connectivity index (χ4v) is 2.84. The first-order valence-corrected chi connectivity index (χ1v) is 6.27. The second-order valence-electron chi connectivity index (χ2n) is 4.94. The van der Waals surface area contributed by atoms with Crippen LogP contribution in [0.2, 0.25) is 0 Å². The highest BCUT2D eigenvalue weighted by Crippen LogP contribution is 2.43. The zero-order valence-corrected chi connectivity index (χ0v) is 11.0. The molecule has 0 aromatic heterocycles. The zero-order chi connectivity index (χ0) is 14.9. The van der Waals surface area contributed by atoms with Gasteiger partial charge >= 0.3 is 11.9 Å². The van der Waals surface area contributed by atoms with E-state index in [-0.39, 0.29) is 16.9 Å². The minimum Gasteiger partial charge on any atom is -0.493 e. The Kier molecular flexibility index (Phi) is 3.65. The molecule has 20 heavy (non-hydrogen) atoms. The maximum atomic E-state index is 14.0. The smallest absolute Gasteiger partial charge is 0.339 e. The van der Waals surface area contributed by atoms with E-state index in [9.17, 15) is 19.1 Å². The first kappa shape index (κ1) is 14.3. The lowest BCUT2D eigenvalue weighted by molar-refractivity contribution is -0.143. The highest BCUT2D eigenvalue weighted by molar-refractivity contribution is 5.92. The average Bonchev–Trinajstić information content (AvgIpc) is 2.88. The standard InChI is InChI=1S/C14H15FO5/c1-20-11-9(12(16)17)6-8(7-10(11)15)14(13(18)19)4-2-3-5-14/h6-7H,2-5H2,1H3,(H,16,17)(H,18,19). The molecule has 1 aliphatic carbocycles. The van der Waals surface area contributed by atoms with E-state index in [2.05, 4.69) is 0 Å². The maximum Gasteiger partial charge on any atom is 0.339 e. The molecule has 0 unspecified atom stereocenters. The molecule has 2 rings (SSSR count). The SMILES string of the molecule is COc1c(F)cc(C2(C(=O)O)CCCC2)cc1C(=O)O. The molecule has 1 fully saturated rings. The number of benzene rings is 1. The van der Waals surface area contributed by atoms with Gasteiger partial charge in [-0.2, -0.15) is 0 Å². The van der Waals surface area contributed by atoms with Gasteiger partial charge in [-0.05, 0) is 30.5 Å². The Hall–Kier alpha value is -2.11. The van der Waals surface area contributed by atoms with Crippen LogP contribution >= 0.6 is 0 Å². The number of aliphatic carboxylic acids is 1. The van der Waals surface area contributed by atoms with Crippen LogP contribution in [0.4, 0.5) is 4.39 Å². The molecule has 0 spiro atoms. The van der Waals surface area contributed by atoms with E-state index in [4.69, 9.17) is 9.84 Å². The van der Waals surface area contributed by atoms with Crippen LogP contribution in [0.3, 0.4) is 0 Å². The molecule has 1 saturated carbocycles. The van der Waals surface area contributed by atoms with E-state index in [1.807, 2.05) is 0 Å². The number of carbonyl (C=O) groups is 2. The monoisotopic (exact) mass is 282 g/mol. The van der Waals surface area contributed by atoms with Gasteiger partial charge in [0.25, 0.3) is 0 Å². The summed E-state index contributed by atoms with van der Waals surface area (Å²) in [6, 6.07) is 2.29. The maximum absolute atomic E-state index is 14.0. The number of carboxylic acid groups (broad SMARTS) is 2. The van der Waals surface area contributed by atoms with Crippen LogP contribution in [-0.2, 0) is 10.2 Å². The summed E-state index contributed by atoms with van der Waals surface area (Å²) in [5.74, 6) is -3.62. The zero-order valence-electron chi connectivity index (χ0n) is 11.0. The van der Waals surface area contributed by atoms with Crippen molar-refractivity contribution in [3.05, 3.63) is 29.1 Å². The Morgan fingerprint density at radius 1 is 1.25 bits per heavy atom. The molecule has 0 saturated heterocycles. The Labute approximate surface area is 115 Å². The fourth-order valence-electron chi connectivity index (χ4n) is 2.84. The van der Waals surface area contributed by atoms with Gasteiger partial charge in [-0.15, -0.1) is 0 Å². The van der Waals surface area contributed by atoms with Crippen LogP contribution in [0.5, 0.6) is 5.75 Å². The molecule has 0 amide bonds. The molecule has 0 aliphatic heterocycles. The van der Waals surface area contributed by atoms with Crippen LogP contribution in [0, 0.1) is 5.82 Å². The van der Waals surface area contributed by atoms with Crippen molar-refractivity contribution < 1.29 is 28.9 Å². The van der Waals surface area contributed by atoms with E-state index in [0.717, 1.165) is 18.9 Å². The predicted octanol–water partition coefficient (Wildman–Crippen LogP) is 2.43. The molecule has 5 nitrogen and oxygen atoms in total. The van der Waals surface area contributed by atoms with Gasteiger partial charge in [0, 0.05) is 0 Å². The number of halogens is 1. The highest BCUT2D eigenvalue weighted by atomic mass is 19.1. The number of aromatic carboxylic acids is 1. The van der Waals surface area contributed by atoms with Crippen molar-refractivity contribution in [1.29, 1.82) is 0 Å². The minimum absolute atomic E-state index is 0.193. The Morgan fingerprint density at radius 2 is 1.85 bits per heavy atom. The number of carboxylic acids is 2. The number of ether oxygens (including phenoxy) is 1. The van der Waals surface area contributed by atoms with Crippen molar-refractivity contribution in [3.63, 3.8) is 0 Å². The van der Waals surface area contributed by atoms with Gasteiger partial charge in [-0.25, -0.2) is 9.18 Å². The third-order valence-electron chi connectivity index (χ3n) is 3.90. The molecule has 1 aromatic carbocycles. The summed E-state index contributed by atoms with van der Waals surface area (Å²) in [5, 5.41) is 18.6. The van der Waals surface area contributed by atoms with Crippen molar-refractivity contribution in [2.75, 3.05) is 7.11 Å². The average molecular weight is 282 g/mol. The summed E-state index contributed by atoms with van der Waals surface area (Å²) in [6.45, 7) is 0. The number of hydrogen-bond donors (Lipinski definition) is 2. The van der Waals surface area contributed by atoms with E-state index in [1.54, 1.807) is 0 Å². The summed E-state index contributed by atoms with van der Waals surface area (Å²) in [4.78, 5) is 22.7. The molecule has 0 bridgehead atoms. The Bertz CT molecular complexity index is 561. The van der Waals surface area contributed by atoms with Crippen molar-refractivity contribution >= 4 is 11.9 Å². The predicted molar refractivity (Wildman–Crippen MR) is 67.7 cm³/mol. The molecule has 0 heterocycles. The van der Waals surface area contributed by atoms with Crippen LogP contribution in [0.1, 0.15) is 41.6 Å². The van der Waals surface area contributed by atoms with Gasteiger partial charge in [-0.1, -0.05) is 12.8 Å². The molecular weight excluding hydrogens is 267 g/mol. The van der Waals surface area contributed by atoms with Gasteiger partial charge in [-0.3, -0.25) is 4.79 Å². The topological polar surface area (TPSA) is 83.8 Å². The summed E-state index contributed by atoms with van der Waals surface area (Å²) in [6.07, 6.45) is 2.21. The summed E-state index contributed by atoms with van der Waals surface area (Å²) in [7, 11) is 1.17. The Morgan fingerprint density at radius 3 is 2.30 bits per heavy atom. The van der Waals surface area contributed by atoms with Crippen molar-refractivity contribution in [2.45, 2.75) is 31.1 Å². The lowest BCUT2D eigenvalue weighted by atomic mass is 9.78. The van der Waals surface area contributed by atoms with Crippen LogP contribution in [0.15, 0.2) is 12.1 Å². The Balaban J connectivity index is 2.63. The number of hydrogen-bond acceptors (Lipinski definition) is 3. The third-order valence-corrected chi connectivity index (χ3v) is 3.90. The second-order valence-corrected chi connectivity index (χ2v) is 4.94. The van der Waals surface area contributed by atoms with Crippen molar-refractivity contribution in [3.8, 4) is 5.75 Å². The van der Waals surface area contributed by atoms with Gasteiger partial charge < -0.3 is 14.9 Å². The third kappa shape index (κ3) is 2.11. The normalized spacial score (nSPS) is 16.9. The van der Waals surface area contributed by atoms with Gasteiger partial charge in [0.15, 0.2) is 11.6 Å². The molecule has 2 N–H and O–H groups in total. The molecule has 1 aliphatic rings. The lowest BCUT2D eigenvalue weighted by Crippen LogP contribution is -2.33. The van der Waals surface area contributed by atoms with Crippen molar-refractivity contribution in [2.24, 2.45) is 0 Å². The summed E-state index contributed by atoms with van der Waals surface area (Å²) in [5.41, 5.74) is -1.36. The quantitative estimate of drug-likeness (QED) is 0.886. The van der Waals surface area contributed by atoms with Crippen LogP contribution in [-0.4, -0.2) is 29.3 Å². The molecule has 6 heteroatoms. The lowest BCUT2D eigenvalue weighted by Gasteiger charge is -2.25. The van der Waals surface area contributed by atoms with Gasteiger partial charge in [0.2, 0.25) is 0 Å². The summed E-state index contributed by atoms with van der Waals surface area (Å²) < 4.78 is 18.7. The second kappa shape index (κ2) is 5.11. The van der Waals surface area contributed by atoms with Gasteiger partial charge in [0.1, 0.15) is 5.56 Å². The van der Waals surface area contributed by atoms with E-state index >= 15 is 0 Å². The largest absolute Gasteiger partial charge is 0.493 e. The minimum atomic E-state index is -1.35. The molecule has 108 valence electrons. The van der Waals surface area contributed by atoms with E-state index in [1.165, 1.54) is 13.2 Å². The number of methoxy groups -OCH3 is 1. The molecular formula is C14H15FO5. The van der Waals surface area contributed by atoms with Crippen molar-refractivity contribution in [1.82, 2.24) is 0 Å². The number of rotatable bonds is 4. The molecule has 1 aromatic rings. The summed E-state index contributed by atoms with van der Waals surface area (Å²) >= 11 is 0. The first-order valence-electron chi connectivity index (χ1n) is 6.27. The highest BCUT2D eigenvalue weighted by Gasteiger charge is 2.44. The molecule has 0 radical (unpaired) electrons. The van der Waals surface area contributed by atoms with Gasteiger partial charge in [0.05, 0.1) is 12.5 Å². The van der Waals surface area contributed by atoms with E-state index in [0.29, 0.717) is 12.8 Å². The first-order chi connectivity index (χ1) is 9.42. The van der Waals surface area contributed by atoms with Crippen LogP contribution in [0.25, 0.3) is 0 Å². The van der Waals surface area contributed by atoms with E-state index < -0.39 is 23.2 Å². The van der Waals surface area contributed by atoms with Crippen LogP contribution < -0.4 is 4.74 Å².